The zero-order valence-electron chi connectivity index (χ0n) is 10.1. The Kier molecular flexibility index (Phi) is 5.14. The van der Waals surface area contributed by atoms with E-state index in [1.807, 2.05) is 6.92 Å². The van der Waals surface area contributed by atoms with Gasteiger partial charge >= 0.3 is 6.03 Å². The molecule has 7 heteroatoms. The second-order valence-corrected chi connectivity index (χ2v) is 4.49. The van der Waals surface area contributed by atoms with E-state index in [2.05, 4.69) is 36.5 Å². The zero-order valence-corrected chi connectivity index (χ0v) is 11.7. The Hall–Kier alpha value is -1.37. The van der Waals surface area contributed by atoms with E-state index in [0.29, 0.717) is 18.9 Å². The summed E-state index contributed by atoms with van der Waals surface area (Å²) in [5.41, 5.74) is 0. The van der Waals surface area contributed by atoms with Gasteiger partial charge in [0, 0.05) is 33.3 Å². The molecule has 0 unspecified atom stereocenters. The lowest BCUT2D eigenvalue weighted by Crippen LogP contribution is -2.37. The van der Waals surface area contributed by atoms with Gasteiger partial charge in [0.1, 0.15) is 16.2 Å². The molecule has 17 heavy (non-hydrogen) atoms. The van der Waals surface area contributed by atoms with Crippen LogP contribution in [0, 0.1) is 6.92 Å². The van der Waals surface area contributed by atoms with Crippen LogP contribution in [-0.4, -0.2) is 48.1 Å². The van der Waals surface area contributed by atoms with E-state index < -0.39 is 0 Å². The van der Waals surface area contributed by atoms with Gasteiger partial charge in [-0.3, -0.25) is 0 Å². The molecule has 0 aliphatic rings. The fourth-order valence-electron chi connectivity index (χ4n) is 1.14. The fraction of sp³-hybridized carbons (Fsp3) is 0.500. The monoisotopic (exact) mass is 301 g/mol. The SMILES string of the molecule is Cc1nc(Br)cc(NCCNC(=O)N(C)C)n1. The van der Waals surface area contributed by atoms with Crippen molar-refractivity contribution in [2.75, 3.05) is 32.5 Å². The van der Waals surface area contributed by atoms with Crippen molar-refractivity contribution in [3.8, 4) is 0 Å². The summed E-state index contributed by atoms with van der Waals surface area (Å²) in [6.07, 6.45) is 0. The predicted octanol–water partition coefficient (Wildman–Crippen LogP) is 1.23. The van der Waals surface area contributed by atoms with Crippen LogP contribution in [0.15, 0.2) is 10.7 Å². The van der Waals surface area contributed by atoms with Crippen molar-refractivity contribution >= 4 is 27.8 Å². The van der Waals surface area contributed by atoms with Crippen molar-refractivity contribution in [2.45, 2.75) is 6.92 Å². The molecule has 0 fully saturated rings. The van der Waals surface area contributed by atoms with Crippen LogP contribution in [0.2, 0.25) is 0 Å². The van der Waals surface area contributed by atoms with E-state index in [4.69, 9.17) is 0 Å². The van der Waals surface area contributed by atoms with E-state index in [-0.39, 0.29) is 6.03 Å². The Morgan fingerprint density at radius 3 is 2.71 bits per heavy atom. The number of halogens is 1. The molecule has 0 aromatic carbocycles. The summed E-state index contributed by atoms with van der Waals surface area (Å²) in [7, 11) is 3.40. The second kappa shape index (κ2) is 6.39. The minimum absolute atomic E-state index is 0.105. The average Bonchev–Trinajstić information content (AvgIpc) is 2.22. The second-order valence-electron chi connectivity index (χ2n) is 3.68. The minimum Gasteiger partial charge on any atom is -0.368 e. The number of carbonyl (C=O) groups is 1. The molecule has 2 amide bonds. The molecular formula is C10H16BrN5O. The molecule has 0 radical (unpaired) electrons. The molecule has 2 N–H and O–H groups in total. The van der Waals surface area contributed by atoms with Crippen molar-refractivity contribution < 1.29 is 4.79 Å². The lowest BCUT2D eigenvalue weighted by molar-refractivity contribution is 0.218. The first-order chi connectivity index (χ1) is 7.99. The first-order valence-electron chi connectivity index (χ1n) is 5.19. The van der Waals surface area contributed by atoms with E-state index in [1.54, 1.807) is 20.2 Å². The van der Waals surface area contributed by atoms with Gasteiger partial charge in [0.05, 0.1) is 0 Å². The van der Waals surface area contributed by atoms with Crippen LogP contribution >= 0.6 is 15.9 Å². The number of aryl methyl sites for hydroxylation is 1. The average molecular weight is 302 g/mol. The smallest absolute Gasteiger partial charge is 0.316 e. The van der Waals surface area contributed by atoms with Crippen molar-refractivity contribution in [2.24, 2.45) is 0 Å². The van der Waals surface area contributed by atoms with Crippen LogP contribution in [0.5, 0.6) is 0 Å². The zero-order chi connectivity index (χ0) is 12.8. The lowest BCUT2D eigenvalue weighted by Gasteiger charge is -2.12. The number of rotatable bonds is 4. The van der Waals surface area contributed by atoms with Crippen LogP contribution in [0.1, 0.15) is 5.82 Å². The van der Waals surface area contributed by atoms with Crippen molar-refractivity contribution in [1.82, 2.24) is 20.2 Å². The molecule has 0 bridgehead atoms. The van der Waals surface area contributed by atoms with Crippen LogP contribution in [0.25, 0.3) is 0 Å². The Balaban J connectivity index is 2.33. The van der Waals surface area contributed by atoms with E-state index in [0.717, 1.165) is 10.4 Å². The third-order valence-electron chi connectivity index (χ3n) is 1.92. The number of hydrogen-bond acceptors (Lipinski definition) is 4. The van der Waals surface area contributed by atoms with Gasteiger partial charge in [-0.25, -0.2) is 14.8 Å². The van der Waals surface area contributed by atoms with E-state index in [1.165, 1.54) is 4.90 Å². The van der Waals surface area contributed by atoms with Crippen LogP contribution in [-0.2, 0) is 0 Å². The normalized spacial score (nSPS) is 9.88. The summed E-state index contributed by atoms with van der Waals surface area (Å²) in [5, 5.41) is 5.86. The molecule has 0 saturated heterocycles. The number of hydrogen-bond donors (Lipinski definition) is 2. The van der Waals surface area contributed by atoms with Crippen LogP contribution in [0.4, 0.5) is 10.6 Å². The number of urea groups is 1. The van der Waals surface area contributed by atoms with Crippen molar-refractivity contribution in [3.63, 3.8) is 0 Å². The summed E-state index contributed by atoms with van der Waals surface area (Å²) in [5.74, 6) is 1.43. The van der Waals surface area contributed by atoms with Crippen LogP contribution < -0.4 is 10.6 Å². The maximum atomic E-state index is 11.2. The number of amides is 2. The first kappa shape index (κ1) is 13.7. The molecule has 0 spiro atoms. The summed E-state index contributed by atoms with van der Waals surface area (Å²) < 4.78 is 0.741. The number of anilines is 1. The van der Waals surface area contributed by atoms with Gasteiger partial charge in [-0.15, -0.1) is 0 Å². The summed E-state index contributed by atoms with van der Waals surface area (Å²) in [6.45, 7) is 2.98. The van der Waals surface area contributed by atoms with Crippen molar-refractivity contribution in [1.29, 1.82) is 0 Å². The van der Waals surface area contributed by atoms with Crippen molar-refractivity contribution in [3.05, 3.63) is 16.5 Å². The lowest BCUT2D eigenvalue weighted by atomic mass is 10.5. The predicted molar refractivity (Wildman–Crippen MR) is 70.0 cm³/mol. The Morgan fingerprint density at radius 1 is 1.41 bits per heavy atom. The molecule has 1 aromatic rings. The Morgan fingerprint density at radius 2 is 2.12 bits per heavy atom. The third-order valence-corrected chi connectivity index (χ3v) is 2.33. The molecule has 1 rings (SSSR count). The quantitative estimate of drug-likeness (QED) is 0.648. The van der Waals surface area contributed by atoms with E-state index in [9.17, 15) is 4.79 Å². The van der Waals surface area contributed by atoms with E-state index >= 15 is 0 Å². The number of nitrogens with zero attached hydrogens (tertiary/aromatic N) is 3. The van der Waals surface area contributed by atoms with Gasteiger partial charge < -0.3 is 15.5 Å². The fourth-order valence-corrected chi connectivity index (χ4v) is 1.61. The highest BCUT2D eigenvalue weighted by molar-refractivity contribution is 9.10. The summed E-state index contributed by atoms with van der Waals surface area (Å²) in [4.78, 5) is 21.0. The van der Waals surface area contributed by atoms with Gasteiger partial charge in [0.2, 0.25) is 0 Å². The summed E-state index contributed by atoms with van der Waals surface area (Å²) in [6, 6.07) is 1.69. The van der Waals surface area contributed by atoms with Gasteiger partial charge in [-0.2, -0.15) is 0 Å². The molecule has 1 aromatic heterocycles. The highest BCUT2D eigenvalue weighted by atomic mass is 79.9. The molecule has 0 aliphatic heterocycles. The maximum absolute atomic E-state index is 11.2. The van der Waals surface area contributed by atoms with Gasteiger partial charge in [-0.1, -0.05) is 0 Å². The Bertz CT molecular complexity index is 376. The maximum Gasteiger partial charge on any atom is 0.316 e. The molecule has 0 atom stereocenters. The van der Waals surface area contributed by atoms with Gasteiger partial charge in [0.15, 0.2) is 0 Å². The van der Waals surface area contributed by atoms with Gasteiger partial charge in [-0.05, 0) is 22.9 Å². The summed E-state index contributed by atoms with van der Waals surface area (Å²) >= 11 is 3.30. The number of nitrogens with one attached hydrogen (secondary N) is 2. The molecule has 0 saturated carbocycles. The molecular weight excluding hydrogens is 286 g/mol. The molecule has 94 valence electrons. The highest BCUT2D eigenvalue weighted by Gasteiger charge is 2.02. The number of aromatic nitrogens is 2. The third kappa shape index (κ3) is 4.99. The minimum atomic E-state index is -0.105. The molecule has 0 aliphatic carbocycles. The molecule has 6 nitrogen and oxygen atoms in total. The topological polar surface area (TPSA) is 70.2 Å². The highest BCUT2D eigenvalue weighted by Crippen LogP contribution is 2.11. The largest absolute Gasteiger partial charge is 0.368 e. The van der Waals surface area contributed by atoms with Crippen LogP contribution in [0.3, 0.4) is 0 Å². The first-order valence-corrected chi connectivity index (χ1v) is 5.98. The number of carbonyl (C=O) groups excluding carboxylic acids is 1. The molecule has 1 heterocycles. The van der Waals surface area contributed by atoms with Gasteiger partial charge in [0.25, 0.3) is 0 Å². The Labute approximate surface area is 109 Å². The standard InChI is InChI=1S/C10H16BrN5O/c1-7-14-8(11)6-9(15-7)12-4-5-13-10(17)16(2)3/h6H,4-5H2,1-3H3,(H,13,17)(H,12,14,15).